The van der Waals surface area contributed by atoms with Crippen LogP contribution in [0.4, 0.5) is 16.2 Å². The number of methoxy groups -OCH3 is 1. The summed E-state index contributed by atoms with van der Waals surface area (Å²) in [6, 6.07) is 16.5. The molecule has 4 rings (SSSR count). The Kier molecular flexibility index (Phi) is 7.92. The minimum Gasteiger partial charge on any atom is -0.493 e. The number of hydrogen-bond donors (Lipinski definition) is 2. The second-order valence-corrected chi connectivity index (χ2v) is 9.38. The highest BCUT2D eigenvalue weighted by Crippen LogP contribution is 2.37. The van der Waals surface area contributed by atoms with Crippen molar-refractivity contribution < 1.29 is 28.7 Å². The van der Waals surface area contributed by atoms with Crippen molar-refractivity contribution in [3.63, 3.8) is 0 Å². The van der Waals surface area contributed by atoms with Gasteiger partial charge in [0.05, 0.1) is 17.3 Å². The van der Waals surface area contributed by atoms with E-state index in [-0.39, 0.29) is 29.6 Å². The van der Waals surface area contributed by atoms with E-state index in [0.717, 1.165) is 16.0 Å². The number of urea groups is 1. The number of ether oxygens (including phenoxy) is 2. The Hall–Kier alpha value is -4.44. The van der Waals surface area contributed by atoms with Gasteiger partial charge in [-0.1, -0.05) is 35.4 Å². The van der Waals surface area contributed by atoms with Crippen LogP contribution in [0.25, 0.3) is 6.08 Å². The van der Waals surface area contributed by atoms with Gasteiger partial charge in [-0.2, -0.15) is 0 Å². The molecule has 0 bridgehead atoms. The molecule has 0 aromatic heterocycles. The number of halogens is 1. The topological polar surface area (TPSA) is 114 Å². The molecule has 194 valence electrons. The summed E-state index contributed by atoms with van der Waals surface area (Å²) < 4.78 is 11.6. The maximum atomic E-state index is 13.2. The molecule has 5 amide bonds. The van der Waals surface area contributed by atoms with Crippen LogP contribution in [-0.4, -0.2) is 37.5 Å². The molecule has 1 fully saturated rings. The van der Waals surface area contributed by atoms with Crippen LogP contribution in [0.5, 0.6) is 11.5 Å². The average molecular weight is 578 g/mol. The van der Waals surface area contributed by atoms with Gasteiger partial charge in [-0.05, 0) is 77.8 Å². The molecule has 3 aromatic carbocycles. The fraction of sp³-hybridized carbons (Fsp3) is 0.143. The lowest BCUT2D eigenvalue weighted by Gasteiger charge is -2.26. The molecule has 3 aromatic rings. The molecule has 1 aliphatic heterocycles. The molecule has 0 atom stereocenters. The maximum absolute atomic E-state index is 13.2. The fourth-order valence-corrected chi connectivity index (χ4v) is 4.26. The van der Waals surface area contributed by atoms with Gasteiger partial charge in [0.25, 0.3) is 17.7 Å². The second-order valence-electron chi connectivity index (χ2n) is 8.53. The Morgan fingerprint density at radius 1 is 1.00 bits per heavy atom. The molecule has 1 aliphatic rings. The molecule has 9 nitrogen and oxygen atoms in total. The highest BCUT2D eigenvalue weighted by atomic mass is 79.9. The average Bonchev–Trinajstić information content (AvgIpc) is 2.88. The first-order valence-electron chi connectivity index (χ1n) is 11.5. The zero-order chi connectivity index (χ0) is 27.4. The van der Waals surface area contributed by atoms with E-state index in [1.54, 1.807) is 48.5 Å². The lowest BCUT2D eigenvalue weighted by atomic mass is 10.1. The van der Waals surface area contributed by atoms with Crippen LogP contribution in [-0.2, 0) is 14.4 Å². The van der Waals surface area contributed by atoms with Crippen molar-refractivity contribution in [3.8, 4) is 11.5 Å². The number of benzene rings is 3. The molecule has 1 saturated heterocycles. The van der Waals surface area contributed by atoms with Crippen molar-refractivity contribution >= 4 is 57.1 Å². The number of aryl methyl sites for hydroxylation is 2. The predicted octanol–water partition coefficient (Wildman–Crippen LogP) is 4.76. The van der Waals surface area contributed by atoms with Gasteiger partial charge in [-0.3, -0.25) is 19.7 Å². The van der Waals surface area contributed by atoms with Crippen LogP contribution in [0, 0.1) is 13.8 Å². The zero-order valence-electron chi connectivity index (χ0n) is 20.8. The smallest absolute Gasteiger partial charge is 0.335 e. The lowest BCUT2D eigenvalue weighted by Crippen LogP contribution is -2.54. The van der Waals surface area contributed by atoms with Crippen LogP contribution in [0.1, 0.15) is 16.7 Å². The number of nitrogens with one attached hydrogen (secondary N) is 2. The lowest BCUT2D eigenvalue weighted by molar-refractivity contribution is -0.122. The van der Waals surface area contributed by atoms with Crippen molar-refractivity contribution in [3.05, 3.63) is 87.4 Å². The van der Waals surface area contributed by atoms with Crippen molar-refractivity contribution in [1.29, 1.82) is 0 Å². The van der Waals surface area contributed by atoms with Crippen molar-refractivity contribution in [2.75, 3.05) is 23.9 Å². The van der Waals surface area contributed by atoms with Gasteiger partial charge in [0.15, 0.2) is 18.1 Å². The van der Waals surface area contributed by atoms with Crippen LogP contribution in [0.2, 0.25) is 0 Å². The fourth-order valence-electron chi connectivity index (χ4n) is 3.69. The van der Waals surface area contributed by atoms with E-state index in [4.69, 9.17) is 9.47 Å². The molecule has 1 heterocycles. The van der Waals surface area contributed by atoms with Crippen LogP contribution < -0.4 is 25.0 Å². The molecular formula is C28H24BrN3O6. The minimum absolute atomic E-state index is 0.231. The molecule has 0 spiro atoms. The Bertz CT molecular complexity index is 1450. The Labute approximate surface area is 227 Å². The molecule has 2 N–H and O–H groups in total. The second kappa shape index (κ2) is 11.3. The van der Waals surface area contributed by atoms with Gasteiger partial charge in [0.1, 0.15) is 5.57 Å². The molecule has 0 unspecified atom stereocenters. The summed E-state index contributed by atoms with van der Waals surface area (Å²) in [5.74, 6) is -1.40. The van der Waals surface area contributed by atoms with Crippen LogP contribution in [0.15, 0.2) is 70.7 Å². The summed E-state index contributed by atoms with van der Waals surface area (Å²) >= 11 is 3.41. The molecular weight excluding hydrogens is 554 g/mol. The third kappa shape index (κ3) is 5.92. The summed E-state index contributed by atoms with van der Waals surface area (Å²) in [5, 5.41) is 4.95. The van der Waals surface area contributed by atoms with Gasteiger partial charge in [0.2, 0.25) is 0 Å². The third-order valence-corrected chi connectivity index (χ3v) is 6.23. The standard InChI is InChI=1S/C28H24BrN3O6/c1-16-4-8-19(9-5-16)30-24(33)15-38-25-22(29)13-18(14-23(25)37-3)12-21-26(34)31-28(36)32(27(21)35)20-10-6-17(2)7-11-20/h4-14H,15H2,1-3H3,(H,30,33)(H,31,34,36)/b21-12+. The zero-order valence-corrected chi connectivity index (χ0v) is 22.4. The molecule has 10 heteroatoms. The van der Waals surface area contributed by atoms with E-state index >= 15 is 0 Å². The van der Waals surface area contributed by atoms with Crippen molar-refractivity contribution in [2.24, 2.45) is 0 Å². The number of nitrogens with zero attached hydrogens (tertiary/aromatic N) is 1. The monoisotopic (exact) mass is 577 g/mol. The number of carbonyl (C=O) groups is 4. The Morgan fingerprint density at radius 3 is 2.26 bits per heavy atom. The maximum Gasteiger partial charge on any atom is 0.335 e. The Morgan fingerprint density at radius 2 is 1.63 bits per heavy atom. The SMILES string of the molecule is COc1cc(/C=C2\C(=O)NC(=O)N(c3ccc(C)cc3)C2=O)cc(Br)c1OCC(=O)Nc1ccc(C)cc1. The molecule has 38 heavy (non-hydrogen) atoms. The van der Waals surface area contributed by atoms with Gasteiger partial charge >= 0.3 is 6.03 Å². The normalized spacial score (nSPS) is 14.4. The van der Waals surface area contributed by atoms with E-state index in [0.29, 0.717) is 21.4 Å². The highest BCUT2D eigenvalue weighted by Gasteiger charge is 2.36. The summed E-state index contributed by atoms with van der Waals surface area (Å²) in [6.07, 6.45) is 1.35. The number of hydrogen-bond acceptors (Lipinski definition) is 6. The first-order valence-corrected chi connectivity index (χ1v) is 12.3. The predicted molar refractivity (Wildman–Crippen MR) is 146 cm³/mol. The van der Waals surface area contributed by atoms with E-state index in [1.165, 1.54) is 13.2 Å². The quantitative estimate of drug-likeness (QED) is 0.309. The van der Waals surface area contributed by atoms with Gasteiger partial charge in [-0.25, -0.2) is 9.69 Å². The van der Waals surface area contributed by atoms with E-state index < -0.39 is 17.8 Å². The van der Waals surface area contributed by atoms with Crippen molar-refractivity contribution in [2.45, 2.75) is 13.8 Å². The summed E-state index contributed by atoms with van der Waals surface area (Å²) in [4.78, 5) is 51.4. The number of barbiturate groups is 1. The number of carbonyl (C=O) groups excluding carboxylic acids is 4. The van der Waals surface area contributed by atoms with Gasteiger partial charge in [-0.15, -0.1) is 0 Å². The number of imide groups is 2. The number of rotatable bonds is 7. The molecule has 0 saturated carbocycles. The van der Waals surface area contributed by atoms with Crippen LogP contribution >= 0.6 is 15.9 Å². The summed E-state index contributed by atoms with van der Waals surface area (Å²) in [7, 11) is 1.42. The van der Waals surface area contributed by atoms with Crippen LogP contribution in [0.3, 0.4) is 0 Å². The van der Waals surface area contributed by atoms with E-state index in [1.807, 2.05) is 26.0 Å². The summed E-state index contributed by atoms with van der Waals surface area (Å²) in [6.45, 7) is 3.55. The van der Waals surface area contributed by atoms with E-state index in [2.05, 4.69) is 26.6 Å². The van der Waals surface area contributed by atoms with Gasteiger partial charge in [0, 0.05) is 5.69 Å². The highest BCUT2D eigenvalue weighted by molar-refractivity contribution is 9.10. The molecule has 0 radical (unpaired) electrons. The number of amides is 5. The first kappa shape index (κ1) is 26.6. The first-order chi connectivity index (χ1) is 18.2. The minimum atomic E-state index is -0.826. The largest absolute Gasteiger partial charge is 0.493 e. The summed E-state index contributed by atoms with van der Waals surface area (Å²) in [5.41, 5.74) is 3.21. The molecule has 0 aliphatic carbocycles. The number of anilines is 2. The van der Waals surface area contributed by atoms with Gasteiger partial charge < -0.3 is 14.8 Å². The van der Waals surface area contributed by atoms with E-state index in [9.17, 15) is 19.2 Å². The third-order valence-electron chi connectivity index (χ3n) is 5.64. The van der Waals surface area contributed by atoms with Crippen molar-refractivity contribution in [1.82, 2.24) is 5.32 Å². The Balaban J connectivity index is 1.55.